The molecule has 35 heavy (non-hydrogen) atoms. The van der Waals surface area contributed by atoms with Crippen molar-refractivity contribution in [2.24, 2.45) is 0 Å². The van der Waals surface area contributed by atoms with Crippen LogP contribution < -0.4 is 0 Å². The van der Waals surface area contributed by atoms with E-state index in [9.17, 15) is 9.90 Å². The molecule has 0 unspecified atom stereocenters. The van der Waals surface area contributed by atoms with Gasteiger partial charge in [-0.25, -0.2) is 4.79 Å². The van der Waals surface area contributed by atoms with Gasteiger partial charge in [-0.2, -0.15) is 0 Å². The minimum absolute atomic E-state index is 0.178. The first-order chi connectivity index (χ1) is 16.8. The lowest BCUT2D eigenvalue weighted by Gasteiger charge is -2.29. The van der Waals surface area contributed by atoms with Crippen LogP contribution in [0.5, 0.6) is 0 Å². The molecule has 1 N–H and O–H groups in total. The number of carbonyl (C=O) groups is 1. The molecule has 0 aliphatic carbocycles. The fraction of sp³-hybridized carbons (Fsp3) is 0.414. The Morgan fingerprint density at radius 3 is 2.17 bits per heavy atom. The van der Waals surface area contributed by atoms with Crippen LogP contribution in [0.2, 0.25) is 13.1 Å². The van der Waals surface area contributed by atoms with E-state index in [-0.39, 0.29) is 12.1 Å². The molecule has 0 aromatic heterocycles. The smallest absolute Gasteiger partial charge is 0.338 e. The zero-order valence-electron chi connectivity index (χ0n) is 21.6. The van der Waals surface area contributed by atoms with Crippen LogP contribution in [0.3, 0.4) is 0 Å². The number of benzene rings is 2. The lowest BCUT2D eigenvalue weighted by molar-refractivity contribution is -0.0670. The Kier molecular flexibility index (Phi) is 12.1. The molecule has 6 heteroatoms. The minimum Gasteiger partial charge on any atom is -0.459 e. The fourth-order valence-corrected chi connectivity index (χ4v) is 7.16. The predicted molar refractivity (Wildman–Crippen MR) is 144 cm³/mol. The van der Waals surface area contributed by atoms with E-state index in [0.29, 0.717) is 5.56 Å². The van der Waals surface area contributed by atoms with Crippen molar-refractivity contribution < 1.29 is 24.1 Å². The number of ether oxygens (including phenoxy) is 3. The Bertz CT molecular complexity index is 936. The molecule has 2 aromatic carbocycles. The van der Waals surface area contributed by atoms with Gasteiger partial charge in [0.25, 0.3) is 0 Å². The highest BCUT2D eigenvalue weighted by Crippen LogP contribution is 2.25. The number of hydrogen-bond acceptors (Lipinski definition) is 5. The standard InChI is InChI=1S/C29H40O5Si/c1-23(34-29(31)25-17-10-7-11-18-25)14-12-13-19-27(26(30)20-21-28(32-2)33-3)35(4,5)22-24-15-8-6-9-16-24/h6-11,15-21,23,26,28,30H,12-14,22H2,1-5H3/b21-20+,27-19-/t23-,26+/m0/s1. The Labute approximate surface area is 211 Å². The van der Waals surface area contributed by atoms with Crippen molar-refractivity contribution in [2.75, 3.05) is 14.2 Å². The molecule has 0 saturated carbocycles. The van der Waals surface area contributed by atoms with Crippen molar-refractivity contribution in [2.45, 2.75) is 63.8 Å². The Morgan fingerprint density at radius 2 is 1.57 bits per heavy atom. The Hall–Kier alpha value is -2.51. The van der Waals surface area contributed by atoms with E-state index < -0.39 is 20.5 Å². The van der Waals surface area contributed by atoms with Crippen molar-refractivity contribution in [3.8, 4) is 0 Å². The highest BCUT2D eigenvalue weighted by atomic mass is 28.3. The number of methoxy groups -OCH3 is 2. The average Bonchev–Trinajstić information content (AvgIpc) is 2.85. The van der Waals surface area contributed by atoms with E-state index in [1.165, 1.54) is 5.56 Å². The second kappa shape index (κ2) is 14.8. The van der Waals surface area contributed by atoms with Crippen molar-refractivity contribution in [1.29, 1.82) is 0 Å². The summed E-state index contributed by atoms with van der Waals surface area (Å²) in [6.45, 7) is 6.50. The van der Waals surface area contributed by atoms with Gasteiger partial charge in [-0.15, -0.1) is 0 Å². The lowest BCUT2D eigenvalue weighted by Crippen LogP contribution is -2.38. The number of aliphatic hydroxyl groups is 1. The fourth-order valence-electron chi connectivity index (χ4n) is 4.11. The summed E-state index contributed by atoms with van der Waals surface area (Å²) in [5.41, 5.74) is 1.84. The summed E-state index contributed by atoms with van der Waals surface area (Å²) in [7, 11) is 1.16. The largest absolute Gasteiger partial charge is 0.459 e. The quantitative estimate of drug-likeness (QED) is 0.116. The molecule has 0 heterocycles. The summed E-state index contributed by atoms with van der Waals surface area (Å²) in [4.78, 5) is 12.3. The van der Waals surface area contributed by atoms with Crippen LogP contribution in [0, 0.1) is 0 Å². The highest BCUT2D eigenvalue weighted by molar-refractivity contribution is 6.84. The first kappa shape index (κ1) is 28.7. The van der Waals surface area contributed by atoms with E-state index in [1.807, 2.05) is 31.2 Å². The van der Waals surface area contributed by atoms with Gasteiger partial charge >= 0.3 is 5.97 Å². The number of allylic oxidation sites excluding steroid dienone is 1. The number of unbranched alkanes of at least 4 members (excludes halogenated alkanes) is 1. The minimum atomic E-state index is -1.98. The van der Waals surface area contributed by atoms with Crippen molar-refractivity contribution in [3.05, 3.63) is 95.2 Å². The van der Waals surface area contributed by atoms with Crippen LogP contribution in [-0.2, 0) is 20.3 Å². The van der Waals surface area contributed by atoms with Gasteiger partial charge in [0.05, 0.1) is 25.8 Å². The van der Waals surface area contributed by atoms with Crippen molar-refractivity contribution in [3.63, 3.8) is 0 Å². The monoisotopic (exact) mass is 496 g/mol. The summed E-state index contributed by atoms with van der Waals surface area (Å²) >= 11 is 0. The van der Waals surface area contributed by atoms with E-state index in [0.717, 1.165) is 30.5 Å². The van der Waals surface area contributed by atoms with Crippen LogP contribution in [0.25, 0.3) is 0 Å². The normalized spacial score (nSPS) is 14.3. The second-order valence-electron chi connectivity index (χ2n) is 9.39. The molecule has 5 nitrogen and oxygen atoms in total. The Morgan fingerprint density at radius 1 is 0.971 bits per heavy atom. The molecular weight excluding hydrogens is 456 g/mol. The lowest BCUT2D eigenvalue weighted by atomic mass is 10.1. The van der Waals surface area contributed by atoms with E-state index >= 15 is 0 Å². The molecule has 0 bridgehead atoms. The maximum atomic E-state index is 12.3. The molecule has 190 valence electrons. The molecule has 0 aliphatic heterocycles. The molecular formula is C29H40O5Si. The average molecular weight is 497 g/mol. The van der Waals surface area contributed by atoms with E-state index in [1.54, 1.807) is 38.5 Å². The summed E-state index contributed by atoms with van der Waals surface area (Å²) in [5.74, 6) is -0.294. The SMILES string of the molecule is COC(/C=C/[C@@H](O)/C(=C/CCC[C@H](C)OC(=O)c1ccccc1)[Si](C)(C)Cc1ccccc1)OC. The first-order valence-electron chi connectivity index (χ1n) is 12.2. The number of aliphatic hydroxyl groups excluding tert-OH is 1. The molecule has 0 amide bonds. The zero-order chi connectivity index (χ0) is 25.7. The molecule has 0 saturated heterocycles. The number of hydrogen-bond donors (Lipinski definition) is 1. The summed E-state index contributed by atoms with van der Waals surface area (Å²) in [6.07, 6.45) is 6.72. The third-order valence-corrected chi connectivity index (χ3v) is 9.36. The molecule has 0 fully saturated rings. The molecule has 0 spiro atoms. The van der Waals surface area contributed by atoms with Gasteiger partial charge in [-0.3, -0.25) is 0 Å². The maximum absolute atomic E-state index is 12.3. The van der Waals surface area contributed by atoms with Gasteiger partial charge in [0.2, 0.25) is 0 Å². The van der Waals surface area contributed by atoms with Crippen LogP contribution in [0.4, 0.5) is 0 Å². The number of carbonyl (C=O) groups excluding carboxylic acids is 1. The van der Waals surface area contributed by atoms with E-state index in [4.69, 9.17) is 14.2 Å². The topological polar surface area (TPSA) is 65.0 Å². The summed E-state index contributed by atoms with van der Waals surface area (Å²) < 4.78 is 16.0. The van der Waals surface area contributed by atoms with Crippen LogP contribution in [0.1, 0.15) is 42.1 Å². The van der Waals surface area contributed by atoms with Gasteiger partial charge in [-0.1, -0.05) is 84.5 Å². The van der Waals surface area contributed by atoms with Gasteiger partial charge in [0.15, 0.2) is 6.29 Å². The van der Waals surface area contributed by atoms with E-state index in [2.05, 4.69) is 43.4 Å². The van der Waals surface area contributed by atoms with Crippen molar-refractivity contribution >= 4 is 14.0 Å². The van der Waals surface area contributed by atoms with Gasteiger partial charge in [0.1, 0.15) is 0 Å². The van der Waals surface area contributed by atoms with Crippen molar-refractivity contribution in [1.82, 2.24) is 0 Å². The number of esters is 1. The molecule has 2 aromatic rings. The third-order valence-electron chi connectivity index (χ3n) is 6.00. The highest BCUT2D eigenvalue weighted by Gasteiger charge is 2.30. The second-order valence-corrected chi connectivity index (χ2v) is 14.1. The van der Waals surface area contributed by atoms with Crippen LogP contribution in [-0.4, -0.2) is 51.9 Å². The molecule has 2 atom stereocenters. The molecule has 2 rings (SSSR count). The van der Waals surface area contributed by atoms with Gasteiger partial charge < -0.3 is 19.3 Å². The summed E-state index contributed by atoms with van der Waals surface area (Å²) in [6, 6.07) is 20.4. The van der Waals surface area contributed by atoms with Crippen LogP contribution >= 0.6 is 0 Å². The van der Waals surface area contributed by atoms with Crippen LogP contribution in [0.15, 0.2) is 84.1 Å². The van der Waals surface area contributed by atoms with Gasteiger partial charge in [0, 0.05) is 14.2 Å². The number of rotatable bonds is 14. The zero-order valence-corrected chi connectivity index (χ0v) is 22.6. The van der Waals surface area contributed by atoms with Gasteiger partial charge in [-0.05, 0) is 50.4 Å². The maximum Gasteiger partial charge on any atom is 0.338 e. The third kappa shape index (κ3) is 9.94. The first-order valence-corrected chi connectivity index (χ1v) is 15.4. The molecule has 0 aliphatic rings. The Balaban J connectivity index is 2.05. The molecule has 0 radical (unpaired) electrons. The summed E-state index contributed by atoms with van der Waals surface area (Å²) in [5, 5.41) is 12.2. The predicted octanol–water partition coefficient (Wildman–Crippen LogP) is 5.89.